The van der Waals surface area contributed by atoms with Gasteiger partial charge in [0.1, 0.15) is 5.76 Å². The fraction of sp³-hybridized carbons (Fsp3) is 0.500. The first-order valence-electron chi connectivity index (χ1n) is 4.52. The highest BCUT2D eigenvalue weighted by Gasteiger charge is 2.51. The van der Waals surface area contributed by atoms with E-state index in [4.69, 9.17) is 9.52 Å². The molecule has 1 aromatic heterocycles. The molecule has 0 saturated heterocycles. The molecule has 2 rings (SSSR count). The van der Waals surface area contributed by atoms with Gasteiger partial charge >= 0.3 is 5.97 Å². The molecule has 0 bridgehead atoms. The van der Waals surface area contributed by atoms with Crippen LogP contribution in [0.3, 0.4) is 0 Å². The topological polar surface area (TPSA) is 50.4 Å². The molecule has 0 aliphatic heterocycles. The zero-order valence-corrected chi connectivity index (χ0v) is 9.43. The summed E-state index contributed by atoms with van der Waals surface area (Å²) >= 11 is 3.23. The third kappa shape index (κ3) is 1.59. The minimum absolute atomic E-state index is 0.514. The molecule has 0 spiro atoms. The summed E-state index contributed by atoms with van der Waals surface area (Å²) < 4.78 is 6.07. The number of halogens is 1. The van der Waals surface area contributed by atoms with E-state index in [1.807, 2.05) is 13.0 Å². The molecule has 0 atom stereocenters. The molecule has 4 heteroatoms. The summed E-state index contributed by atoms with van der Waals surface area (Å²) in [6.07, 6.45) is 2.04. The van der Waals surface area contributed by atoms with Gasteiger partial charge in [0.2, 0.25) is 0 Å². The van der Waals surface area contributed by atoms with Crippen LogP contribution in [0.15, 0.2) is 15.2 Å². The Bertz CT molecular complexity index is 377. The van der Waals surface area contributed by atoms with Crippen molar-refractivity contribution in [3.05, 3.63) is 22.1 Å². The zero-order valence-electron chi connectivity index (χ0n) is 7.84. The highest BCUT2D eigenvalue weighted by molar-refractivity contribution is 9.10. The van der Waals surface area contributed by atoms with E-state index < -0.39 is 11.4 Å². The molecular formula is C10H11BrO3. The van der Waals surface area contributed by atoms with Gasteiger partial charge in [-0.2, -0.15) is 0 Å². The number of carboxylic acid groups (broad SMARTS) is 1. The molecule has 1 N–H and O–H groups in total. The van der Waals surface area contributed by atoms with Gasteiger partial charge in [-0.05, 0) is 47.3 Å². The van der Waals surface area contributed by atoms with Gasteiger partial charge in [-0.3, -0.25) is 4.79 Å². The molecule has 0 aromatic carbocycles. The summed E-state index contributed by atoms with van der Waals surface area (Å²) in [6, 6.07) is 1.87. The first-order chi connectivity index (χ1) is 6.53. The zero-order chi connectivity index (χ0) is 10.3. The van der Waals surface area contributed by atoms with Crippen LogP contribution in [0.4, 0.5) is 0 Å². The second-order valence-electron chi connectivity index (χ2n) is 3.92. The lowest BCUT2D eigenvalue weighted by molar-refractivity contribution is -0.143. The van der Waals surface area contributed by atoms with Gasteiger partial charge in [-0.25, -0.2) is 0 Å². The lowest BCUT2D eigenvalue weighted by Crippen LogP contribution is -2.17. The molecule has 0 amide bonds. The molecule has 0 radical (unpaired) electrons. The summed E-state index contributed by atoms with van der Waals surface area (Å²) in [4.78, 5) is 11.0. The Balaban J connectivity index is 2.19. The van der Waals surface area contributed by atoms with Crippen LogP contribution in [0.5, 0.6) is 0 Å². The minimum atomic E-state index is -0.704. The summed E-state index contributed by atoms with van der Waals surface area (Å²) in [5.74, 6) is 0.0844. The van der Waals surface area contributed by atoms with Crippen LogP contribution in [0, 0.1) is 12.3 Å². The van der Waals surface area contributed by atoms with Crippen LogP contribution in [-0.4, -0.2) is 11.1 Å². The molecule has 76 valence electrons. The maximum absolute atomic E-state index is 11.0. The highest BCUT2D eigenvalue weighted by atomic mass is 79.9. The van der Waals surface area contributed by atoms with E-state index in [-0.39, 0.29) is 0 Å². The van der Waals surface area contributed by atoms with E-state index in [1.165, 1.54) is 0 Å². The quantitative estimate of drug-likeness (QED) is 0.907. The maximum atomic E-state index is 11.0. The molecule has 0 unspecified atom stereocenters. The molecule has 1 aromatic rings. The van der Waals surface area contributed by atoms with Gasteiger partial charge < -0.3 is 9.52 Å². The van der Waals surface area contributed by atoms with Crippen molar-refractivity contribution in [3.63, 3.8) is 0 Å². The first kappa shape index (κ1) is 9.77. The predicted molar refractivity (Wildman–Crippen MR) is 54.2 cm³/mol. The first-order valence-corrected chi connectivity index (χ1v) is 5.31. The summed E-state index contributed by atoms with van der Waals surface area (Å²) in [5.41, 5.74) is 0.478. The van der Waals surface area contributed by atoms with Crippen molar-refractivity contribution in [1.82, 2.24) is 0 Å². The SMILES string of the molecule is Cc1cc(Br)oc1CC1(C(=O)O)CC1. The Hall–Kier alpha value is -0.770. The van der Waals surface area contributed by atoms with Crippen LogP contribution in [0.25, 0.3) is 0 Å². The second-order valence-corrected chi connectivity index (χ2v) is 4.70. The Labute approximate surface area is 90.2 Å². The molecule has 1 fully saturated rings. The summed E-state index contributed by atoms with van der Waals surface area (Å²) in [7, 11) is 0. The van der Waals surface area contributed by atoms with Crippen LogP contribution in [-0.2, 0) is 11.2 Å². The lowest BCUT2D eigenvalue weighted by Gasteiger charge is -2.07. The predicted octanol–water partition coefficient (Wildman–Crippen LogP) is 2.76. The van der Waals surface area contributed by atoms with E-state index in [1.54, 1.807) is 0 Å². The van der Waals surface area contributed by atoms with E-state index in [0.717, 1.165) is 24.2 Å². The van der Waals surface area contributed by atoms with Gasteiger partial charge in [0.05, 0.1) is 5.41 Å². The van der Waals surface area contributed by atoms with E-state index >= 15 is 0 Å². The standard InChI is InChI=1S/C10H11BrO3/c1-6-4-8(11)14-7(6)5-10(2-3-10)9(12)13/h4H,2-3,5H2,1H3,(H,12,13). The summed E-state index contributed by atoms with van der Waals surface area (Å²) in [6.45, 7) is 1.93. The summed E-state index contributed by atoms with van der Waals surface area (Å²) in [5, 5.41) is 9.01. The fourth-order valence-electron chi connectivity index (χ4n) is 1.58. The minimum Gasteiger partial charge on any atom is -0.481 e. The molecule has 1 aliphatic carbocycles. The number of furan rings is 1. The van der Waals surface area contributed by atoms with Crippen molar-refractivity contribution in [3.8, 4) is 0 Å². The van der Waals surface area contributed by atoms with Crippen LogP contribution >= 0.6 is 15.9 Å². The Kier molecular flexibility index (Phi) is 2.18. The third-order valence-electron chi connectivity index (χ3n) is 2.80. The number of hydrogen-bond donors (Lipinski definition) is 1. The number of carbonyl (C=O) groups is 1. The smallest absolute Gasteiger partial charge is 0.310 e. The number of aliphatic carboxylic acids is 1. The van der Waals surface area contributed by atoms with Crippen LogP contribution in [0.1, 0.15) is 24.2 Å². The Morgan fingerprint density at radius 3 is 2.71 bits per heavy atom. The third-order valence-corrected chi connectivity index (χ3v) is 3.19. The molecule has 1 heterocycles. The van der Waals surface area contributed by atoms with Crippen molar-refractivity contribution in [2.45, 2.75) is 26.2 Å². The number of hydrogen-bond acceptors (Lipinski definition) is 2. The van der Waals surface area contributed by atoms with Crippen molar-refractivity contribution in [2.24, 2.45) is 5.41 Å². The van der Waals surface area contributed by atoms with E-state index in [9.17, 15) is 4.79 Å². The lowest BCUT2D eigenvalue weighted by atomic mass is 10.00. The van der Waals surface area contributed by atoms with Crippen molar-refractivity contribution >= 4 is 21.9 Å². The van der Waals surface area contributed by atoms with Gasteiger partial charge in [0, 0.05) is 6.42 Å². The Morgan fingerprint density at radius 1 is 1.71 bits per heavy atom. The normalized spacial score (nSPS) is 18.1. The van der Waals surface area contributed by atoms with Crippen molar-refractivity contribution < 1.29 is 14.3 Å². The average molecular weight is 259 g/mol. The van der Waals surface area contributed by atoms with E-state index in [0.29, 0.717) is 11.1 Å². The van der Waals surface area contributed by atoms with Gasteiger partial charge in [0.25, 0.3) is 0 Å². The van der Waals surface area contributed by atoms with Gasteiger partial charge in [0.15, 0.2) is 4.67 Å². The maximum Gasteiger partial charge on any atom is 0.310 e. The van der Waals surface area contributed by atoms with Crippen LogP contribution < -0.4 is 0 Å². The van der Waals surface area contributed by atoms with Crippen molar-refractivity contribution in [1.29, 1.82) is 0 Å². The van der Waals surface area contributed by atoms with Crippen molar-refractivity contribution in [2.75, 3.05) is 0 Å². The molecular weight excluding hydrogens is 248 g/mol. The van der Waals surface area contributed by atoms with Gasteiger partial charge in [-0.15, -0.1) is 0 Å². The Morgan fingerprint density at radius 2 is 2.36 bits per heavy atom. The molecule has 14 heavy (non-hydrogen) atoms. The monoisotopic (exact) mass is 258 g/mol. The molecule has 1 saturated carbocycles. The van der Waals surface area contributed by atoms with Gasteiger partial charge in [-0.1, -0.05) is 0 Å². The van der Waals surface area contributed by atoms with E-state index in [2.05, 4.69) is 15.9 Å². The fourth-order valence-corrected chi connectivity index (χ4v) is 2.12. The number of carboxylic acids is 1. The largest absolute Gasteiger partial charge is 0.481 e. The molecule has 1 aliphatic rings. The highest BCUT2D eigenvalue weighted by Crippen LogP contribution is 2.49. The number of rotatable bonds is 3. The number of aryl methyl sites for hydroxylation is 1. The molecule has 3 nitrogen and oxygen atoms in total. The van der Waals surface area contributed by atoms with Crippen LogP contribution in [0.2, 0.25) is 0 Å². The average Bonchev–Trinajstić information content (AvgIpc) is 2.77. The second kappa shape index (κ2) is 3.12.